The molecular weight excluding hydrogens is 248 g/mol. The van der Waals surface area contributed by atoms with Crippen LogP contribution >= 0.6 is 0 Å². The van der Waals surface area contributed by atoms with Crippen molar-refractivity contribution in [2.24, 2.45) is 0 Å². The number of piperidine rings is 1. The predicted octanol–water partition coefficient (Wildman–Crippen LogP) is -0.473. The zero-order chi connectivity index (χ0) is 13.7. The molecule has 106 valence electrons. The van der Waals surface area contributed by atoms with Crippen molar-refractivity contribution < 1.29 is 14.4 Å². The number of amides is 1. The Morgan fingerprint density at radius 3 is 3.21 bits per heavy atom. The lowest BCUT2D eigenvalue weighted by molar-refractivity contribution is -0.131. The molecule has 0 bridgehead atoms. The van der Waals surface area contributed by atoms with Gasteiger partial charge in [0.1, 0.15) is 0 Å². The Labute approximate surface area is 112 Å². The summed E-state index contributed by atoms with van der Waals surface area (Å²) in [7, 11) is 1.77. The van der Waals surface area contributed by atoms with E-state index in [1.165, 1.54) is 6.39 Å². The Bertz CT molecular complexity index is 396. The van der Waals surface area contributed by atoms with Gasteiger partial charge in [-0.25, -0.2) is 0 Å². The van der Waals surface area contributed by atoms with E-state index in [1.54, 1.807) is 11.9 Å². The van der Waals surface area contributed by atoms with Crippen LogP contribution in [0.5, 0.6) is 0 Å². The van der Waals surface area contributed by atoms with Crippen LogP contribution in [0, 0.1) is 0 Å². The second-order valence-corrected chi connectivity index (χ2v) is 4.94. The highest BCUT2D eigenvalue weighted by molar-refractivity contribution is 5.78. The fourth-order valence-corrected chi connectivity index (χ4v) is 2.18. The summed E-state index contributed by atoms with van der Waals surface area (Å²) in [5, 5.41) is 13.3. The molecule has 1 aromatic rings. The molecule has 0 aliphatic carbocycles. The Balaban J connectivity index is 1.72. The molecule has 2 heterocycles. The van der Waals surface area contributed by atoms with Gasteiger partial charge in [-0.05, 0) is 19.4 Å². The number of aromatic nitrogens is 2. The average molecular weight is 268 g/mol. The first-order valence-electron chi connectivity index (χ1n) is 6.55. The number of carbonyl (C=O) groups excluding carboxylic acids is 1. The molecule has 2 rings (SSSR count). The standard InChI is InChI=1S/C12H20N4O3/c1-15(6-4-11-13-9-19-14-11)12(18)8-16-5-2-3-10(17)7-16/h9-10,17H,2-8H2,1H3/t10-/m0/s1. The van der Waals surface area contributed by atoms with E-state index in [-0.39, 0.29) is 12.0 Å². The number of nitrogens with zero attached hydrogens (tertiary/aromatic N) is 4. The molecule has 1 N–H and O–H groups in total. The SMILES string of the molecule is CN(CCc1ncon1)C(=O)CN1CCC[C@H](O)C1. The minimum absolute atomic E-state index is 0.0533. The van der Waals surface area contributed by atoms with Crippen LogP contribution in [0.2, 0.25) is 0 Å². The largest absolute Gasteiger partial charge is 0.392 e. The van der Waals surface area contributed by atoms with Crippen LogP contribution in [0.1, 0.15) is 18.7 Å². The minimum Gasteiger partial charge on any atom is -0.392 e. The van der Waals surface area contributed by atoms with Gasteiger partial charge in [0.25, 0.3) is 0 Å². The number of rotatable bonds is 5. The number of aliphatic hydroxyl groups is 1. The molecule has 1 aromatic heterocycles. The molecule has 19 heavy (non-hydrogen) atoms. The van der Waals surface area contributed by atoms with Gasteiger partial charge < -0.3 is 14.5 Å². The number of hydrogen-bond acceptors (Lipinski definition) is 6. The average Bonchev–Trinajstić information content (AvgIpc) is 2.89. The molecule has 0 unspecified atom stereocenters. The highest BCUT2D eigenvalue weighted by atomic mass is 16.5. The number of aliphatic hydroxyl groups excluding tert-OH is 1. The second kappa shape index (κ2) is 6.63. The van der Waals surface area contributed by atoms with Crippen molar-refractivity contribution in [3.63, 3.8) is 0 Å². The monoisotopic (exact) mass is 268 g/mol. The second-order valence-electron chi connectivity index (χ2n) is 4.94. The third kappa shape index (κ3) is 4.29. The summed E-state index contributed by atoms with van der Waals surface area (Å²) in [6.45, 7) is 2.39. The Morgan fingerprint density at radius 1 is 1.68 bits per heavy atom. The summed E-state index contributed by atoms with van der Waals surface area (Å²) >= 11 is 0. The van der Waals surface area contributed by atoms with Crippen LogP contribution in [-0.2, 0) is 11.2 Å². The van der Waals surface area contributed by atoms with E-state index in [0.717, 1.165) is 19.4 Å². The lowest BCUT2D eigenvalue weighted by Crippen LogP contribution is -2.45. The fraction of sp³-hybridized carbons (Fsp3) is 0.750. The van der Waals surface area contributed by atoms with E-state index in [0.29, 0.717) is 31.9 Å². The first-order chi connectivity index (χ1) is 9.15. The Morgan fingerprint density at radius 2 is 2.53 bits per heavy atom. The van der Waals surface area contributed by atoms with Gasteiger partial charge in [0.05, 0.1) is 12.6 Å². The number of likely N-dealkylation sites (N-methyl/N-ethyl adjacent to an activating group) is 1. The minimum atomic E-state index is -0.300. The van der Waals surface area contributed by atoms with Crippen molar-refractivity contribution in [1.29, 1.82) is 0 Å². The predicted molar refractivity (Wildman–Crippen MR) is 67.3 cm³/mol. The Kier molecular flexibility index (Phi) is 4.86. The van der Waals surface area contributed by atoms with Crippen LogP contribution < -0.4 is 0 Å². The van der Waals surface area contributed by atoms with Crippen LogP contribution in [0.3, 0.4) is 0 Å². The topological polar surface area (TPSA) is 82.7 Å². The Hall–Kier alpha value is -1.47. The van der Waals surface area contributed by atoms with Gasteiger partial charge in [0, 0.05) is 26.6 Å². The summed E-state index contributed by atoms with van der Waals surface area (Å²) in [4.78, 5) is 19.6. The molecule has 1 atom stereocenters. The lowest BCUT2D eigenvalue weighted by atomic mass is 10.1. The molecule has 7 nitrogen and oxygen atoms in total. The highest BCUT2D eigenvalue weighted by Crippen LogP contribution is 2.09. The van der Waals surface area contributed by atoms with E-state index in [4.69, 9.17) is 0 Å². The quantitative estimate of drug-likeness (QED) is 0.777. The molecule has 0 radical (unpaired) electrons. The van der Waals surface area contributed by atoms with Crippen molar-refractivity contribution in [2.45, 2.75) is 25.4 Å². The molecule has 1 aliphatic heterocycles. The molecule has 1 aliphatic rings. The lowest BCUT2D eigenvalue weighted by Gasteiger charge is -2.30. The van der Waals surface area contributed by atoms with E-state index in [1.807, 2.05) is 4.90 Å². The smallest absolute Gasteiger partial charge is 0.236 e. The van der Waals surface area contributed by atoms with Crippen molar-refractivity contribution in [3.8, 4) is 0 Å². The van der Waals surface area contributed by atoms with Gasteiger partial charge in [-0.2, -0.15) is 4.98 Å². The van der Waals surface area contributed by atoms with E-state index < -0.39 is 0 Å². The number of likely N-dealkylation sites (tertiary alicyclic amines) is 1. The van der Waals surface area contributed by atoms with Gasteiger partial charge in [-0.1, -0.05) is 5.16 Å². The number of carbonyl (C=O) groups is 1. The van der Waals surface area contributed by atoms with Crippen LogP contribution in [0.4, 0.5) is 0 Å². The highest BCUT2D eigenvalue weighted by Gasteiger charge is 2.21. The van der Waals surface area contributed by atoms with Gasteiger partial charge in [0.15, 0.2) is 5.82 Å². The maximum absolute atomic E-state index is 12.0. The van der Waals surface area contributed by atoms with Crippen molar-refractivity contribution in [1.82, 2.24) is 19.9 Å². The third-order valence-corrected chi connectivity index (χ3v) is 3.34. The zero-order valence-corrected chi connectivity index (χ0v) is 11.2. The van der Waals surface area contributed by atoms with Gasteiger partial charge in [-0.3, -0.25) is 9.69 Å². The number of hydrogen-bond donors (Lipinski definition) is 1. The molecule has 0 spiro atoms. The third-order valence-electron chi connectivity index (χ3n) is 3.34. The van der Waals surface area contributed by atoms with Crippen molar-refractivity contribution in [3.05, 3.63) is 12.2 Å². The van der Waals surface area contributed by atoms with Crippen molar-refractivity contribution >= 4 is 5.91 Å². The summed E-state index contributed by atoms with van der Waals surface area (Å²) in [6.07, 6.45) is 3.35. The first-order valence-corrected chi connectivity index (χ1v) is 6.55. The van der Waals surface area contributed by atoms with Gasteiger partial charge >= 0.3 is 0 Å². The van der Waals surface area contributed by atoms with E-state index in [9.17, 15) is 9.90 Å². The van der Waals surface area contributed by atoms with Crippen LogP contribution in [0.15, 0.2) is 10.9 Å². The van der Waals surface area contributed by atoms with Crippen LogP contribution in [-0.4, -0.2) is 70.3 Å². The maximum atomic E-state index is 12.0. The van der Waals surface area contributed by atoms with E-state index >= 15 is 0 Å². The number of β-amino-alcohol motifs (C(OH)–C–C–N with tert-alkyl or cyclic N) is 1. The summed E-state index contributed by atoms with van der Waals surface area (Å²) in [5.41, 5.74) is 0. The molecular formula is C12H20N4O3. The summed E-state index contributed by atoms with van der Waals surface area (Å²) in [5.74, 6) is 0.658. The van der Waals surface area contributed by atoms with Crippen LogP contribution in [0.25, 0.3) is 0 Å². The molecule has 0 saturated carbocycles. The zero-order valence-electron chi connectivity index (χ0n) is 11.2. The normalized spacial score (nSPS) is 20.4. The first kappa shape index (κ1) is 14.0. The van der Waals surface area contributed by atoms with E-state index in [2.05, 4.69) is 14.7 Å². The molecule has 1 amide bonds. The summed E-state index contributed by atoms with van der Waals surface area (Å²) < 4.78 is 4.64. The molecule has 0 aromatic carbocycles. The molecule has 1 fully saturated rings. The van der Waals surface area contributed by atoms with Gasteiger partial charge in [0.2, 0.25) is 12.3 Å². The maximum Gasteiger partial charge on any atom is 0.236 e. The fourth-order valence-electron chi connectivity index (χ4n) is 2.18. The summed E-state index contributed by atoms with van der Waals surface area (Å²) in [6, 6.07) is 0. The molecule has 1 saturated heterocycles. The van der Waals surface area contributed by atoms with Crippen molar-refractivity contribution in [2.75, 3.05) is 33.2 Å². The molecule has 7 heteroatoms. The van der Waals surface area contributed by atoms with Gasteiger partial charge in [-0.15, -0.1) is 0 Å².